The maximum Gasteiger partial charge on any atom is 0.181 e. The van der Waals surface area contributed by atoms with Crippen LogP contribution in [0.2, 0.25) is 0 Å². The van der Waals surface area contributed by atoms with E-state index in [9.17, 15) is 9.59 Å². The predicted molar refractivity (Wildman–Crippen MR) is 61.4 cm³/mol. The first-order valence-corrected chi connectivity index (χ1v) is 5.62. The number of carbonyl (C=O) groups is 2. The van der Waals surface area contributed by atoms with Crippen LogP contribution in [-0.2, 0) is 4.79 Å². The average molecular weight is 217 g/mol. The van der Waals surface area contributed by atoms with Crippen LogP contribution in [0.3, 0.4) is 0 Å². The van der Waals surface area contributed by atoms with Crippen LogP contribution in [0.1, 0.15) is 29.6 Å². The number of hydrogen-bond acceptors (Lipinski definition) is 3. The summed E-state index contributed by atoms with van der Waals surface area (Å²) in [7, 11) is 0. The molecule has 1 aromatic carbocycles. The van der Waals surface area contributed by atoms with Crippen molar-refractivity contribution in [2.45, 2.75) is 31.3 Å². The summed E-state index contributed by atoms with van der Waals surface area (Å²) in [6, 6.07) is 9.56. The van der Waals surface area contributed by atoms with Crippen molar-refractivity contribution in [2.75, 3.05) is 0 Å². The van der Waals surface area contributed by atoms with Gasteiger partial charge >= 0.3 is 0 Å². The molecule has 1 aromatic rings. The summed E-state index contributed by atoms with van der Waals surface area (Å²) < 4.78 is 0. The molecule has 2 atom stereocenters. The Morgan fingerprint density at radius 1 is 1.31 bits per heavy atom. The minimum Gasteiger partial charge on any atom is -0.303 e. The molecule has 0 saturated carbocycles. The fourth-order valence-electron chi connectivity index (χ4n) is 1.89. The van der Waals surface area contributed by atoms with Crippen molar-refractivity contribution >= 4 is 12.1 Å². The van der Waals surface area contributed by atoms with Crippen molar-refractivity contribution in [3.8, 4) is 0 Å². The molecule has 3 nitrogen and oxygen atoms in total. The van der Waals surface area contributed by atoms with Crippen LogP contribution < -0.4 is 5.32 Å². The van der Waals surface area contributed by atoms with Crippen molar-refractivity contribution in [2.24, 2.45) is 0 Å². The number of unbranched alkanes of at least 4 members (excludes halogenated alkanes) is 1. The number of nitrogens with one attached hydrogen (secondary N) is 1. The van der Waals surface area contributed by atoms with Crippen LogP contribution in [0.15, 0.2) is 30.3 Å². The van der Waals surface area contributed by atoms with Gasteiger partial charge in [-0.15, -0.1) is 0 Å². The van der Waals surface area contributed by atoms with Crippen LogP contribution in [0.5, 0.6) is 0 Å². The maximum atomic E-state index is 11.9. The zero-order chi connectivity index (χ0) is 11.4. The standard InChI is InChI=1S/C13H15NO2/c15-9-5-4-8-11-12(14-11)13(16)10-6-2-1-3-7-10/h1-3,6-7,9,11-12,14H,4-5,8H2/t11-,12+/m1/s1. The van der Waals surface area contributed by atoms with Crippen molar-refractivity contribution in [3.05, 3.63) is 35.9 Å². The summed E-state index contributed by atoms with van der Waals surface area (Å²) in [5.74, 6) is 0.164. The van der Waals surface area contributed by atoms with Crippen molar-refractivity contribution in [1.29, 1.82) is 0 Å². The molecule has 2 rings (SSSR count). The maximum absolute atomic E-state index is 11.9. The highest BCUT2D eigenvalue weighted by atomic mass is 16.1. The number of Topliss-reactive ketones (excluding diaryl/α,β-unsaturated/α-hetero) is 1. The molecule has 1 aliphatic heterocycles. The third kappa shape index (κ3) is 2.55. The third-order valence-corrected chi connectivity index (χ3v) is 2.86. The van der Waals surface area contributed by atoms with Gasteiger partial charge in [0.05, 0.1) is 6.04 Å². The van der Waals surface area contributed by atoms with Crippen molar-refractivity contribution in [1.82, 2.24) is 5.32 Å². The van der Waals surface area contributed by atoms with E-state index < -0.39 is 0 Å². The molecule has 1 N–H and O–H groups in total. The van der Waals surface area contributed by atoms with Gasteiger partial charge in [0.1, 0.15) is 6.29 Å². The number of carbonyl (C=O) groups excluding carboxylic acids is 2. The van der Waals surface area contributed by atoms with Gasteiger partial charge in [0.2, 0.25) is 0 Å². The van der Waals surface area contributed by atoms with Crippen molar-refractivity contribution in [3.63, 3.8) is 0 Å². The molecular weight excluding hydrogens is 202 g/mol. The lowest BCUT2D eigenvalue weighted by Crippen LogP contribution is -2.11. The molecule has 0 unspecified atom stereocenters. The largest absolute Gasteiger partial charge is 0.303 e. The van der Waals surface area contributed by atoms with E-state index in [0.29, 0.717) is 6.42 Å². The van der Waals surface area contributed by atoms with E-state index in [0.717, 1.165) is 24.7 Å². The Kier molecular flexibility index (Phi) is 3.47. The van der Waals surface area contributed by atoms with Crippen LogP contribution in [0, 0.1) is 0 Å². The second kappa shape index (κ2) is 5.03. The van der Waals surface area contributed by atoms with E-state index in [1.807, 2.05) is 30.3 Å². The highest BCUT2D eigenvalue weighted by Gasteiger charge is 2.41. The first kappa shape index (κ1) is 11.0. The number of aldehydes is 1. The average Bonchev–Trinajstić information content (AvgIpc) is 3.09. The summed E-state index contributed by atoms with van der Waals surface area (Å²) in [5.41, 5.74) is 0.762. The Labute approximate surface area is 94.9 Å². The van der Waals surface area contributed by atoms with Gasteiger partial charge in [0, 0.05) is 18.0 Å². The number of hydrogen-bond donors (Lipinski definition) is 1. The van der Waals surface area contributed by atoms with E-state index in [-0.39, 0.29) is 17.9 Å². The third-order valence-electron chi connectivity index (χ3n) is 2.86. The Morgan fingerprint density at radius 2 is 2.06 bits per heavy atom. The first-order chi connectivity index (χ1) is 7.83. The molecule has 0 spiro atoms. The zero-order valence-electron chi connectivity index (χ0n) is 9.06. The molecule has 1 fully saturated rings. The van der Waals surface area contributed by atoms with E-state index >= 15 is 0 Å². The monoisotopic (exact) mass is 217 g/mol. The lowest BCUT2D eigenvalue weighted by molar-refractivity contribution is -0.107. The minimum atomic E-state index is -0.0333. The molecule has 0 aromatic heterocycles. The second-order valence-electron chi connectivity index (χ2n) is 4.08. The molecule has 1 aliphatic rings. The molecule has 1 heterocycles. The van der Waals surface area contributed by atoms with Gasteiger partial charge in [-0.3, -0.25) is 4.79 Å². The highest BCUT2D eigenvalue weighted by molar-refractivity contribution is 6.02. The first-order valence-electron chi connectivity index (χ1n) is 5.62. The van der Waals surface area contributed by atoms with E-state index in [1.165, 1.54) is 0 Å². The van der Waals surface area contributed by atoms with Crippen molar-refractivity contribution < 1.29 is 9.59 Å². The Bertz CT molecular complexity index is 375. The van der Waals surface area contributed by atoms with Crippen LogP contribution in [0.25, 0.3) is 0 Å². The Hall–Kier alpha value is -1.48. The Balaban J connectivity index is 1.83. The van der Waals surface area contributed by atoms with Gasteiger partial charge in [0.25, 0.3) is 0 Å². The highest BCUT2D eigenvalue weighted by Crippen LogP contribution is 2.21. The predicted octanol–water partition coefficient (Wildman–Crippen LogP) is 1.58. The number of benzene rings is 1. The van der Waals surface area contributed by atoms with Gasteiger partial charge < -0.3 is 10.1 Å². The van der Waals surface area contributed by atoms with Crippen LogP contribution >= 0.6 is 0 Å². The fourth-order valence-corrected chi connectivity index (χ4v) is 1.89. The molecular formula is C13H15NO2. The molecule has 0 bridgehead atoms. The minimum absolute atomic E-state index is 0.0333. The lowest BCUT2D eigenvalue weighted by atomic mass is 10.0. The SMILES string of the molecule is O=CCCC[C@H]1N[C@@H]1C(=O)c1ccccc1. The van der Waals surface area contributed by atoms with Gasteiger partial charge in [0.15, 0.2) is 5.78 Å². The van der Waals surface area contributed by atoms with E-state index in [1.54, 1.807) is 0 Å². The van der Waals surface area contributed by atoms with Crippen LogP contribution in [0.4, 0.5) is 0 Å². The fraction of sp³-hybridized carbons (Fsp3) is 0.385. The van der Waals surface area contributed by atoms with E-state index in [4.69, 9.17) is 0 Å². The van der Waals surface area contributed by atoms with Gasteiger partial charge in [-0.2, -0.15) is 0 Å². The van der Waals surface area contributed by atoms with Gasteiger partial charge in [-0.25, -0.2) is 0 Å². The quantitative estimate of drug-likeness (QED) is 0.340. The Morgan fingerprint density at radius 3 is 2.75 bits per heavy atom. The summed E-state index contributed by atoms with van der Waals surface area (Å²) in [4.78, 5) is 22.1. The molecule has 84 valence electrons. The van der Waals surface area contributed by atoms with Gasteiger partial charge in [-0.1, -0.05) is 30.3 Å². The molecule has 1 saturated heterocycles. The summed E-state index contributed by atoms with van der Waals surface area (Å²) in [5, 5.41) is 3.16. The molecule has 0 amide bonds. The summed E-state index contributed by atoms with van der Waals surface area (Å²) >= 11 is 0. The lowest BCUT2D eigenvalue weighted by Gasteiger charge is -1.97. The van der Waals surface area contributed by atoms with Gasteiger partial charge in [-0.05, 0) is 12.8 Å². The second-order valence-corrected chi connectivity index (χ2v) is 4.08. The normalized spacial score (nSPS) is 22.8. The molecule has 16 heavy (non-hydrogen) atoms. The smallest absolute Gasteiger partial charge is 0.181 e. The number of ketones is 1. The topological polar surface area (TPSA) is 56.1 Å². The zero-order valence-corrected chi connectivity index (χ0v) is 9.06. The number of rotatable bonds is 6. The van der Waals surface area contributed by atoms with E-state index in [2.05, 4.69) is 5.32 Å². The van der Waals surface area contributed by atoms with Crippen LogP contribution in [-0.4, -0.2) is 24.2 Å². The molecule has 0 radical (unpaired) electrons. The molecule has 0 aliphatic carbocycles. The summed E-state index contributed by atoms with van der Waals surface area (Å²) in [6.45, 7) is 0. The molecule has 3 heteroatoms. The summed E-state index contributed by atoms with van der Waals surface area (Å²) in [6.07, 6.45) is 3.28.